The molecule has 0 bridgehead atoms. The average molecular weight is 753 g/mol. The highest BCUT2D eigenvalue weighted by Crippen LogP contribution is 2.29. The largest absolute Gasteiger partial charge is 0.487 e. The van der Waals surface area contributed by atoms with Crippen molar-refractivity contribution in [1.82, 2.24) is 5.43 Å². The Hall–Kier alpha value is -1.81. The van der Waals surface area contributed by atoms with Gasteiger partial charge in [-0.3, -0.25) is 14.9 Å². The molecule has 3 aromatic rings. The van der Waals surface area contributed by atoms with E-state index >= 15 is 0 Å². The summed E-state index contributed by atoms with van der Waals surface area (Å²) in [5.41, 5.74) is 4.76. The highest BCUT2D eigenvalue weighted by Gasteiger charge is 2.10. The molecular weight excluding hydrogens is 739 g/mol. The summed E-state index contributed by atoms with van der Waals surface area (Å²) in [6.07, 6.45) is 1.58. The number of rotatable bonds is 7. The van der Waals surface area contributed by atoms with Gasteiger partial charge < -0.3 is 4.74 Å². The minimum Gasteiger partial charge on any atom is -0.487 e. The molecule has 0 fully saturated rings. The lowest BCUT2D eigenvalue weighted by Gasteiger charge is -2.11. The van der Waals surface area contributed by atoms with E-state index in [0.29, 0.717) is 12.2 Å². The maximum Gasteiger partial charge on any atom is 0.271 e. The van der Waals surface area contributed by atoms with Gasteiger partial charge in [0.2, 0.25) is 0 Å². The fourth-order valence-electron chi connectivity index (χ4n) is 2.49. The molecule has 0 aliphatic rings. The summed E-state index contributed by atoms with van der Waals surface area (Å²) in [7, 11) is 0. The first kappa shape index (κ1) is 23.8. The SMILES string of the molecule is O=C(N/N=C\c1cc(I)c(OCc2ccc([N+](=O)[O-])cc2)c(I)c1)c1ccc(I)cc1. The van der Waals surface area contributed by atoms with Crippen molar-refractivity contribution < 1.29 is 14.5 Å². The molecule has 0 atom stereocenters. The molecule has 1 amide bonds. The number of nitro benzene ring substituents is 1. The van der Waals surface area contributed by atoms with Crippen LogP contribution >= 0.6 is 67.8 Å². The van der Waals surface area contributed by atoms with Gasteiger partial charge in [-0.2, -0.15) is 5.10 Å². The maximum atomic E-state index is 12.1. The Morgan fingerprint density at radius 1 is 1.03 bits per heavy atom. The van der Waals surface area contributed by atoms with Crippen LogP contribution in [0.3, 0.4) is 0 Å². The van der Waals surface area contributed by atoms with Gasteiger partial charge in [0.05, 0.1) is 18.3 Å². The molecule has 0 aromatic heterocycles. The van der Waals surface area contributed by atoms with Crippen molar-refractivity contribution in [2.75, 3.05) is 0 Å². The van der Waals surface area contributed by atoms with E-state index in [9.17, 15) is 14.9 Å². The summed E-state index contributed by atoms with van der Waals surface area (Å²) in [4.78, 5) is 22.4. The molecule has 0 radical (unpaired) electrons. The molecule has 0 saturated heterocycles. The van der Waals surface area contributed by atoms with E-state index < -0.39 is 4.92 Å². The predicted octanol–water partition coefficient (Wildman–Crippen LogP) is 5.75. The summed E-state index contributed by atoms with van der Waals surface area (Å²) < 4.78 is 8.74. The summed E-state index contributed by atoms with van der Waals surface area (Å²) in [6, 6.07) is 17.3. The molecule has 31 heavy (non-hydrogen) atoms. The van der Waals surface area contributed by atoms with Gasteiger partial charge in [0.25, 0.3) is 11.6 Å². The number of ether oxygens (including phenoxy) is 1. The van der Waals surface area contributed by atoms with Gasteiger partial charge in [0, 0.05) is 21.3 Å². The number of amides is 1. The number of carbonyl (C=O) groups excluding carboxylic acids is 1. The number of hydrogen-bond donors (Lipinski definition) is 1. The van der Waals surface area contributed by atoms with Gasteiger partial charge in [-0.25, -0.2) is 5.43 Å². The van der Waals surface area contributed by atoms with E-state index in [1.165, 1.54) is 12.1 Å². The maximum absolute atomic E-state index is 12.1. The molecule has 3 rings (SSSR count). The van der Waals surface area contributed by atoms with E-state index in [-0.39, 0.29) is 11.6 Å². The molecule has 1 N–H and O–H groups in total. The van der Waals surface area contributed by atoms with Crippen LogP contribution in [0, 0.1) is 20.8 Å². The topological polar surface area (TPSA) is 93.8 Å². The van der Waals surface area contributed by atoms with Crippen molar-refractivity contribution in [3.63, 3.8) is 0 Å². The van der Waals surface area contributed by atoms with Crippen molar-refractivity contribution in [2.45, 2.75) is 6.61 Å². The lowest BCUT2D eigenvalue weighted by Crippen LogP contribution is -2.17. The summed E-state index contributed by atoms with van der Waals surface area (Å²) >= 11 is 6.53. The van der Waals surface area contributed by atoms with Crippen molar-refractivity contribution in [3.05, 3.63) is 98.2 Å². The Labute approximate surface area is 219 Å². The van der Waals surface area contributed by atoms with Gasteiger partial charge in [-0.1, -0.05) is 0 Å². The summed E-state index contributed by atoms with van der Waals surface area (Å²) in [6.45, 7) is 0.295. The fraction of sp³-hybridized carbons (Fsp3) is 0.0476. The number of benzene rings is 3. The van der Waals surface area contributed by atoms with Gasteiger partial charge in [-0.15, -0.1) is 0 Å². The Morgan fingerprint density at radius 3 is 2.23 bits per heavy atom. The molecular formula is C21H14I3N3O4. The van der Waals surface area contributed by atoms with E-state index in [1.54, 1.807) is 30.5 Å². The lowest BCUT2D eigenvalue weighted by molar-refractivity contribution is -0.384. The standard InChI is InChI=1S/C21H14I3N3O4/c22-16-5-3-15(4-6-16)21(28)26-25-11-14-9-18(23)20(19(24)10-14)31-12-13-1-7-17(8-2-13)27(29)30/h1-11H,12H2,(H,26,28)/b25-11-. The van der Waals surface area contributed by atoms with Crippen LogP contribution in [0.25, 0.3) is 0 Å². The zero-order valence-electron chi connectivity index (χ0n) is 15.7. The van der Waals surface area contributed by atoms with Crippen LogP contribution < -0.4 is 10.2 Å². The Morgan fingerprint density at radius 2 is 1.65 bits per heavy atom. The Bertz CT molecular complexity index is 1110. The molecule has 0 unspecified atom stereocenters. The number of nitrogens with one attached hydrogen (secondary N) is 1. The molecule has 7 nitrogen and oxygen atoms in total. The monoisotopic (exact) mass is 753 g/mol. The van der Waals surface area contributed by atoms with Crippen molar-refractivity contribution >= 4 is 85.6 Å². The third-order valence-corrected chi connectivity index (χ3v) is 6.36. The fourth-order valence-corrected chi connectivity index (χ4v) is 4.98. The summed E-state index contributed by atoms with van der Waals surface area (Å²) in [5.74, 6) is 0.444. The molecule has 0 saturated carbocycles. The molecule has 0 aliphatic carbocycles. The second-order valence-corrected chi connectivity index (χ2v) is 9.80. The van der Waals surface area contributed by atoms with E-state index in [2.05, 4.69) is 78.3 Å². The molecule has 10 heteroatoms. The first-order valence-corrected chi connectivity index (χ1v) is 12.0. The first-order chi connectivity index (χ1) is 14.8. The Kier molecular flexibility index (Phi) is 8.59. The van der Waals surface area contributed by atoms with Crippen molar-refractivity contribution in [3.8, 4) is 5.75 Å². The van der Waals surface area contributed by atoms with Crippen LogP contribution in [0.2, 0.25) is 0 Å². The number of halogens is 3. The highest BCUT2D eigenvalue weighted by atomic mass is 127. The van der Waals surface area contributed by atoms with Gasteiger partial charge in [0.15, 0.2) is 0 Å². The van der Waals surface area contributed by atoms with Crippen LogP contribution in [-0.2, 0) is 6.61 Å². The number of nitrogens with zero attached hydrogens (tertiary/aromatic N) is 2. The second kappa shape index (κ2) is 11.2. The number of hydrogen-bond acceptors (Lipinski definition) is 5. The first-order valence-electron chi connectivity index (χ1n) is 8.77. The van der Waals surface area contributed by atoms with E-state index in [0.717, 1.165) is 27.6 Å². The van der Waals surface area contributed by atoms with Crippen molar-refractivity contribution in [1.29, 1.82) is 0 Å². The molecule has 158 valence electrons. The zero-order valence-corrected chi connectivity index (χ0v) is 22.2. The zero-order chi connectivity index (χ0) is 22.4. The minimum absolute atomic E-state index is 0.0469. The van der Waals surface area contributed by atoms with E-state index in [1.807, 2.05) is 24.3 Å². The van der Waals surface area contributed by atoms with Crippen LogP contribution in [0.1, 0.15) is 21.5 Å². The second-order valence-electron chi connectivity index (χ2n) is 6.23. The van der Waals surface area contributed by atoms with Gasteiger partial charge in [-0.05, 0) is 127 Å². The van der Waals surface area contributed by atoms with Gasteiger partial charge >= 0.3 is 0 Å². The smallest absolute Gasteiger partial charge is 0.271 e. The lowest BCUT2D eigenvalue weighted by atomic mass is 10.2. The molecule has 3 aromatic carbocycles. The summed E-state index contributed by atoms with van der Waals surface area (Å²) in [5, 5.41) is 14.8. The quantitative estimate of drug-likeness (QED) is 0.144. The third kappa shape index (κ3) is 6.83. The number of hydrazone groups is 1. The average Bonchev–Trinajstić information content (AvgIpc) is 2.74. The van der Waals surface area contributed by atoms with Crippen LogP contribution in [0.4, 0.5) is 5.69 Å². The predicted molar refractivity (Wildman–Crippen MR) is 144 cm³/mol. The van der Waals surface area contributed by atoms with E-state index in [4.69, 9.17) is 4.74 Å². The van der Waals surface area contributed by atoms with Gasteiger partial charge in [0.1, 0.15) is 12.4 Å². The molecule has 0 spiro atoms. The van der Waals surface area contributed by atoms with Crippen molar-refractivity contribution in [2.24, 2.45) is 5.10 Å². The normalized spacial score (nSPS) is 10.8. The molecule has 0 heterocycles. The number of nitro groups is 1. The highest BCUT2D eigenvalue weighted by molar-refractivity contribution is 14.1. The molecule has 0 aliphatic heterocycles. The van der Waals surface area contributed by atoms with Crippen LogP contribution in [0.15, 0.2) is 65.8 Å². The number of non-ortho nitro benzene ring substituents is 1. The minimum atomic E-state index is -0.431. The number of carbonyl (C=O) groups is 1. The third-order valence-electron chi connectivity index (χ3n) is 4.04. The Balaban J connectivity index is 1.62. The van der Waals surface area contributed by atoms with Crippen LogP contribution in [0.5, 0.6) is 5.75 Å². The van der Waals surface area contributed by atoms with Crippen LogP contribution in [-0.4, -0.2) is 17.0 Å².